The van der Waals surface area contributed by atoms with Gasteiger partial charge in [-0.2, -0.15) is 0 Å². The summed E-state index contributed by atoms with van der Waals surface area (Å²) in [6, 6.07) is 7.14. The van der Waals surface area contributed by atoms with Crippen molar-refractivity contribution in [3.8, 4) is 0 Å². The number of carbonyl (C=O) groups excluding carboxylic acids is 1. The molecule has 20 heavy (non-hydrogen) atoms. The molecule has 0 aliphatic rings. The zero-order valence-corrected chi connectivity index (χ0v) is 12.1. The minimum atomic E-state index is -0.954. The van der Waals surface area contributed by atoms with Gasteiger partial charge in [0.15, 0.2) is 0 Å². The molecule has 0 aliphatic carbocycles. The van der Waals surface area contributed by atoms with E-state index >= 15 is 0 Å². The first-order valence-corrected chi connectivity index (χ1v) is 6.38. The van der Waals surface area contributed by atoms with Gasteiger partial charge in [0.05, 0.1) is 0 Å². The number of nitro groups is 1. The fourth-order valence-electron chi connectivity index (χ4n) is 1.70. The van der Waals surface area contributed by atoms with Gasteiger partial charge in [-0.15, -0.1) is 0 Å². The zero-order valence-electron chi connectivity index (χ0n) is 12.1. The molecule has 2 atom stereocenters. The largest absolute Gasteiger partial charge is 0.444 e. The summed E-state index contributed by atoms with van der Waals surface area (Å²) in [6.45, 7) is 6.66. The highest BCUT2D eigenvalue weighted by molar-refractivity contribution is 5.68. The van der Waals surface area contributed by atoms with E-state index in [1.54, 1.807) is 45.0 Å². The summed E-state index contributed by atoms with van der Waals surface area (Å²) in [5.41, 5.74) is 0.0194. The number of hydrogen-bond acceptors (Lipinski definition) is 4. The van der Waals surface area contributed by atoms with Gasteiger partial charge in [-0.3, -0.25) is 10.1 Å². The molecule has 0 radical (unpaired) electrons. The van der Waals surface area contributed by atoms with Gasteiger partial charge in [0.25, 0.3) is 0 Å². The average Bonchev–Trinajstić information content (AvgIpc) is 2.34. The second-order valence-electron chi connectivity index (χ2n) is 5.56. The molecule has 0 unspecified atom stereocenters. The molecule has 0 saturated heterocycles. The van der Waals surface area contributed by atoms with Crippen LogP contribution in [0.15, 0.2) is 30.3 Å². The third-order valence-corrected chi connectivity index (χ3v) is 2.65. The van der Waals surface area contributed by atoms with E-state index in [2.05, 4.69) is 5.32 Å². The van der Waals surface area contributed by atoms with E-state index in [9.17, 15) is 14.9 Å². The van der Waals surface area contributed by atoms with E-state index in [0.717, 1.165) is 0 Å². The van der Waals surface area contributed by atoms with Crippen molar-refractivity contribution in [2.75, 3.05) is 0 Å². The molecule has 110 valence electrons. The highest BCUT2D eigenvalue weighted by Gasteiger charge is 2.31. The van der Waals surface area contributed by atoms with Crippen LogP contribution in [-0.4, -0.2) is 22.7 Å². The van der Waals surface area contributed by atoms with Crippen LogP contribution in [0.2, 0.25) is 0 Å². The van der Waals surface area contributed by atoms with Gasteiger partial charge in [0.1, 0.15) is 11.6 Å². The van der Waals surface area contributed by atoms with E-state index in [1.165, 1.54) is 6.92 Å². The first-order chi connectivity index (χ1) is 9.20. The average molecular weight is 280 g/mol. The summed E-state index contributed by atoms with van der Waals surface area (Å²) >= 11 is 0. The summed E-state index contributed by atoms with van der Waals surface area (Å²) in [7, 11) is 0. The minimum Gasteiger partial charge on any atom is -0.444 e. The predicted molar refractivity (Wildman–Crippen MR) is 75.0 cm³/mol. The van der Waals surface area contributed by atoms with Crippen molar-refractivity contribution in [2.24, 2.45) is 0 Å². The molecule has 0 bridgehead atoms. The third-order valence-electron chi connectivity index (χ3n) is 2.65. The fraction of sp³-hybridized carbons (Fsp3) is 0.500. The van der Waals surface area contributed by atoms with E-state index in [1.807, 2.05) is 6.07 Å². The molecule has 1 aromatic rings. The van der Waals surface area contributed by atoms with Crippen LogP contribution in [0.1, 0.15) is 39.3 Å². The van der Waals surface area contributed by atoms with Gasteiger partial charge < -0.3 is 10.1 Å². The number of ether oxygens (including phenoxy) is 1. The van der Waals surface area contributed by atoms with Crippen LogP contribution in [-0.2, 0) is 4.74 Å². The number of rotatable bonds is 4. The molecule has 0 saturated carbocycles. The Morgan fingerprint density at radius 3 is 2.30 bits per heavy atom. The number of alkyl carbamates (subject to hydrolysis) is 1. The van der Waals surface area contributed by atoms with Crippen molar-refractivity contribution in [3.05, 3.63) is 46.0 Å². The van der Waals surface area contributed by atoms with Gasteiger partial charge in [0.2, 0.25) is 6.04 Å². The Labute approximate surface area is 118 Å². The Bertz CT molecular complexity index is 468. The lowest BCUT2D eigenvalue weighted by atomic mass is 10.0. The number of nitrogens with zero attached hydrogens (tertiary/aromatic N) is 1. The highest BCUT2D eigenvalue weighted by atomic mass is 16.6. The van der Waals surface area contributed by atoms with Crippen LogP contribution >= 0.6 is 0 Å². The van der Waals surface area contributed by atoms with Crippen LogP contribution in [0.25, 0.3) is 0 Å². The maximum Gasteiger partial charge on any atom is 0.408 e. The van der Waals surface area contributed by atoms with E-state index in [4.69, 9.17) is 4.74 Å². The monoisotopic (exact) mass is 280 g/mol. The Morgan fingerprint density at radius 1 is 1.30 bits per heavy atom. The molecule has 0 heterocycles. The van der Waals surface area contributed by atoms with Crippen molar-refractivity contribution in [1.29, 1.82) is 0 Å². The van der Waals surface area contributed by atoms with Crippen molar-refractivity contribution in [3.63, 3.8) is 0 Å². The zero-order chi connectivity index (χ0) is 15.3. The molecule has 1 amide bonds. The normalized spacial score (nSPS) is 14.2. The molecule has 6 nitrogen and oxygen atoms in total. The standard InChI is InChI=1S/C14H20N2O4/c1-10(16(18)19)12(11-8-6-5-7-9-11)15-13(17)20-14(2,3)4/h5-10,12H,1-4H3,(H,15,17)/t10-,12+/m0/s1. The Balaban J connectivity index is 2.90. The second-order valence-corrected chi connectivity index (χ2v) is 5.56. The molecule has 6 heteroatoms. The summed E-state index contributed by atoms with van der Waals surface area (Å²) in [4.78, 5) is 22.4. The maximum absolute atomic E-state index is 11.8. The van der Waals surface area contributed by atoms with Crippen molar-refractivity contribution >= 4 is 6.09 Å². The third kappa shape index (κ3) is 4.87. The van der Waals surface area contributed by atoms with Crippen LogP contribution in [0.5, 0.6) is 0 Å². The van der Waals surface area contributed by atoms with Crippen LogP contribution < -0.4 is 5.32 Å². The Hall–Kier alpha value is -2.11. The van der Waals surface area contributed by atoms with Crippen LogP contribution in [0.4, 0.5) is 4.79 Å². The van der Waals surface area contributed by atoms with E-state index in [-0.39, 0.29) is 0 Å². The van der Waals surface area contributed by atoms with Crippen molar-refractivity contribution in [2.45, 2.75) is 45.4 Å². The van der Waals surface area contributed by atoms with Crippen molar-refractivity contribution in [1.82, 2.24) is 5.32 Å². The van der Waals surface area contributed by atoms with Crippen LogP contribution in [0, 0.1) is 10.1 Å². The van der Waals surface area contributed by atoms with E-state index < -0.39 is 28.7 Å². The second kappa shape index (κ2) is 6.36. The quantitative estimate of drug-likeness (QED) is 0.679. The topological polar surface area (TPSA) is 81.5 Å². The summed E-state index contributed by atoms with van der Waals surface area (Å²) in [5, 5.41) is 13.6. The SMILES string of the molecule is C[C@@H]([C@@H](NC(=O)OC(C)(C)C)c1ccccc1)[N+](=O)[O-]. The number of nitrogens with one attached hydrogen (secondary N) is 1. The smallest absolute Gasteiger partial charge is 0.408 e. The molecule has 0 fully saturated rings. The number of benzene rings is 1. The van der Waals surface area contributed by atoms with Crippen molar-refractivity contribution < 1.29 is 14.5 Å². The molecule has 0 aromatic heterocycles. The number of hydrogen-bond donors (Lipinski definition) is 1. The summed E-state index contributed by atoms with van der Waals surface area (Å²) < 4.78 is 5.15. The first kappa shape index (κ1) is 15.9. The van der Waals surface area contributed by atoms with Gasteiger partial charge in [-0.05, 0) is 26.3 Å². The number of carbonyl (C=O) groups is 1. The minimum absolute atomic E-state index is 0.422. The molecule has 1 N–H and O–H groups in total. The molecular weight excluding hydrogens is 260 g/mol. The number of amides is 1. The van der Waals surface area contributed by atoms with Gasteiger partial charge >= 0.3 is 6.09 Å². The first-order valence-electron chi connectivity index (χ1n) is 6.38. The molecule has 1 rings (SSSR count). The summed E-state index contributed by atoms with van der Waals surface area (Å²) in [5.74, 6) is 0. The highest BCUT2D eigenvalue weighted by Crippen LogP contribution is 2.19. The molecule has 1 aromatic carbocycles. The Morgan fingerprint density at radius 2 is 1.85 bits per heavy atom. The predicted octanol–water partition coefficient (Wildman–Crippen LogP) is 2.92. The lowest BCUT2D eigenvalue weighted by Crippen LogP contribution is -2.41. The molecule has 0 aliphatic heterocycles. The van der Waals surface area contributed by atoms with Gasteiger partial charge in [-0.25, -0.2) is 4.79 Å². The fourth-order valence-corrected chi connectivity index (χ4v) is 1.70. The van der Waals surface area contributed by atoms with Crippen LogP contribution in [0.3, 0.4) is 0 Å². The molecule has 0 spiro atoms. The van der Waals surface area contributed by atoms with E-state index in [0.29, 0.717) is 5.56 Å². The lowest BCUT2D eigenvalue weighted by molar-refractivity contribution is -0.523. The summed E-state index contributed by atoms with van der Waals surface area (Å²) in [6.07, 6.45) is -0.667. The molecular formula is C14H20N2O4. The maximum atomic E-state index is 11.8. The van der Waals surface area contributed by atoms with Gasteiger partial charge in [-0.1, -0.05) is 30.3 Å². The lowest BCUT2D eigenvalue weighted by Gasteiger charge is -2.24. The Kier molecular flexibility index (Phi) is 5.07. The van der Waals surface area contributed by atoms with Gasteiger partial charge in [0, 0.05) is 11.8 Å².